The normalized spacial score (nSPS) is 14.0. The molecular weight excluding hydrogens is 455 g/mol. The number of thiazole rings is 1. The van der Waals surface area contributed by atoms with Crippen molar-refractivity contribution in [1.29, 1.82) is 0 Å². The number of hydrogen-bond donors (Lipinski definition) is 0. The van der Waals surface area contributed by atoms with Gasteiger partial charge in [-0.2, -0.15) is 0 Å². The zero-order valence-electron chi connectivity index (χ0n) is 19.3. The molecule has 0 saturated heterocycles. The number of alkyl halides is 1. The predicted octanol–water partition coefficient (Wildman–Crippen LogP) is 4.96. The fourth-order valence-electron chi connectivity index (χ4n) is 2.71. The molecule has 2 rings (SSSR count). The Morgan fingerprint density at radius 3 is 2.34 bits per heavy atom. The summed E-state index contributed by atoms with van der Waals surface area (Å²) in [4.78, 5) is 18.9. The minimum absolute atomic E-state index is 0.0842. The maximum absolute atomic E-state index is 15.3. The Morgan fingerprint density at radius 2 is 1.81 bits per heavy atom. The highest BCUT2D eigenvalue weighted by Gasteiger charge is 2.31. The van der Waals surface area contributed by atoms with E-state index in [4.69, 9.17) is 9.47 Å². The Morgan fingerprint density at radius 1 is 1.19 bits per heavy atom. The highest BCUT2D eigenvalue weighted by atomic mass is 32.2. The zero-order valence-corrected chi connectivity index (χ0v) is 21.0. The quantitative estimate of drug-likeness (QED) is 0.498. The van der Waals surface area contributed by atoms with E-state index < -0.39 is 27.2 Å². The van der Waals surface area contributed by atoms with Gasteiger partial charge >= 0.3 is 6.09 Å². The number of aromatic nitrogens is 1. The third kappa shape index (κ3) is 7.74. The third-order valence-electron chi connectivity index (χ3n) is 4.52. The van der Waals surface area contributed by atoms with Gasteiger partial charge in [-0.15, -0.1) is 11.3 Å². The lowest BCUT2D eigenvalue weighted by Gasteiger charge is -2.28. The van der Waals surface area contributed by atoms with Crippen LogP contribution < -0.4 is 4.74 Å². The molecule has 7 nitrogen and oxygen atoms in total. The molecule has 0 N–H and O–H groups in total. The molecule has 0 aliphatic heterocycles. The highest BCUT2D eigenvalue weighted by molar-refractivity contribution is 7.90. The summed E-state index contributed by atoms with van der Waals surface area (Å²) in [5, 5.41) is 0.309. The Hall–Kier alpha value is -2.20. The first-order valence-corrected chi connectivity index (χ1v) is 13.0. The molecule has 2 aromatic rings. The minimum Gasteiger partial charge on any atom is -0.488 e. The number of halogens is 1. The van der Waals surface area contributed by atoms with Crippen molar-refractivity contribution in [3.63, 3.8) is 0 Å². The lowest BCUT2D eigenvalue weighted by Crippen LogP contribution is -2.38. The molecule has 178 valence electrons. The van der Waals surface area contributed by atoms with Crippen LogP contribution >= 0.6 is 11.3 Å². The smallest absolute Gasteiger partial charge is 0.410 e. The monoisotopic (exact) mass is 486 g/mol. The van der Waals surface area contributed by atoms with Gasteiger partial charge in [0.25, 0.3) is 0 Å². The van der Waals surface area contributed by atoms with Crippen molar-refractivity contribution in [1.82, 2.24) is 9.88 Å². The van der Waals surface area contributed by atoms with Crippen LogP contribution in [0.4, 0.5) is 9.18 Å². The van der Waals surface area contributed by atoms with E-state index >= 15 is 4.39 Å². The van der Waals surface area contributed by atoms with Crippen LogP contribution in [0.1, 0.15) is 50.9 Å². The van der Waals surface area contributed by atoms with Gasteiger partial charge in [-0.05, 0) is 58.9 Å². The van der Waals surface area contributed by atoms with Gasteiger partial charge in [0.05, 0.1) is 9.77 Å². The van der Waals surface area contributed by atoms with Gasteiger partial charge in [-0.25, -0.2) is 22.6 Å². The van der Waals surface area contributed by atoms with Crippen LogP contribution in [0.25, 0.3) is 0 Å². The van der Waals surface area contributed by atoms with Crippen molar-refractivity contribution in [2.45, 2.75) is 63.8 Å². The summed E-state index contributed by atoms with van der Waals surface area (Å²) in [6, 6.07) is 6.11. The van der Waals surface area contributed by atoms with Crippen molar-refractivity contribution in [2.24, 2.45) is 0 Å². The molecule has 32 heavy (non-hydrogen) atoms. The van der Waals surface area contributed by atoms with Gasteiger partial charge in [0, 0.05) is 32.0 Å². The average molecular weight is 487 g/mol. The van der Waals surface area contributed by atoms with Gasteiger partial charge in [-0.3, -0.25) is 0 Å². The standard InChI is InChI=1S/C22H31FN2O5S2/c1-7-25(20(26)30-21(2,3)4)13-12-22(5,23)19-24-14-17(31-19)15-29-16-8-10-18(11-9-16)32(6,27)28/h8-11,14H,7,12-13,15H2,1-6H3. The van der Waals surface area contributed by atoms with E-state index in [0.717, 1.165) is 11.1 Å². The van der Waals surface area contributed by atoms with Crippen LogP contribution in [0.15, 0.2) is 35.4 Å². The molecule has 1 aromatic carbocycles. The summed E-state index contributed by atoms with van der Waals surface area (Å²) in [5.41, 5.74) is -2.33. The largest absolute Gasteiger partial charge is 0.488 e. The van der Waals surface area contributed by atoms with Crippen LogP contribution in [0.5, 0.6) is 5.75 Å². The van der Waals surface area contributed by atoms with Crippen molar-refractivity contribution in [3.05, 3.63) is 40.3 Å². The number of carbonyl (C=O) groups is 1. The molecule has 1 aromatic heterocycles. The minimum atomic E-state index is -3.27. The molecule has 0 saturated carbocycles. The fourth-order valence-corrected chi connectivity index (χ4v) is 4.23. The van der Waals surface area contributed by atoms with E-state index in [0.29, 0.717) is 17.3 Å². The lowest BCUT2D eigenvalue weighted by atomic mass is 10.1. The molecule has 1 amide bonds. The number of nitrogens with zero attached hydrogens (tertiary/aromatic N) is 2. The number of rotatable bonds is 9. The SMILES string of the molecule is CCN(CCC(C)(F)c1ncc(COc2ccc(S(C)(=O)=O)cc2)s1)C(=O)OC(C)(C)C. The van der Waals surface area contributed by atoms with Crippen LogP contribution in [-0.2, 0) is 26.8 Å². The van der Waals surface area contributed by atoms with Crippen molar-refractivity contribution in [3.8, 4) is 5.75 Å². The Labute approximate surface area is 193 Å². The summed E-state index contributed by atoms with van der Waals surface area (Å²) in [5.74, 6) is 0.506. The second kappa shape index (κ2) is 10.2. The van der Waals surface area contributed by atoms with E-state index in [9.17, 15) is 13.2 Å². The number of ether oxygens (including phenoxy) is 2. The first-order chi connectivity index (χ1) is 14.7. The molecule has 1 unspecified atom stereocenters. The molecule has 0 radical (unpaired) electrons. The van der Waals surface area contributed by atoms with E-state index in [-0.39, 0.29) is 24.5 Å². The van der Waals surface area contributed by atoms with Crippen LogP contribution in [0, 0.1) is 0 Å². The average Bonchev–Trinajstić information content (AvgIpc) is 3.15. The molecule has 10 heteroatoms. The Kier molecular flexibility index (Phi) is 8.27. The first kappa shape index (κ1) is 26.1. The van der Waals surface area contributed by atoms with Gasteiger partial charge in [0.15, 0.2) is 15.5 Å². The molecule has 0 aliphatic carbocycles. The number of benzene rings is 1. The van der Waals surface area contributed by atoms with Gasteiger partial charge in [0.1, 0.15) is 23.0 Å². The van der Waals surface area contributed by atoms with E-state index in [1.54, 1.807) is 39.1 Å². The first-order valence-electron chi connectivity index (χ1n) is 10.3. The molecule has 1 atom stereocenters. The second-order valence-electron chi connectivity index (χ2n) is 8.67. The van der Waals surface area contributed by atoms with Crippen molar-refractivity contribution in [2.75, 3.05) is 19.3 Å². The lowest BCUT2D eigenvalue weighted by molar-refractivity contribution is 0.0224. The zero-order chi connectivity index (χ0) is 24.2. The molecular formula is C22H31FN2O5S2. The number of sulfone groups is 1. The summed E-state index contributed by atoms with van der Waals surface area (Å²) >= 11 is 1.20. The molecule has 1 heterocycles. The summed E-state index contributed by atoms with van der Waals surface area (Å²) in [6.45, 7) is 9.44. The van der Waals surface area contributed by atoms with E-state index in [1.165, 1.54) is 35.3 Å². The van der Waals surface area contributed by atoms with Crippen LogP contribution in [-0.4, -0.2) is 49.3 Å². The van der Waals surface area contributed by atoms with Crippen molar-refractivity contribution < 1.29 is 27.1 Å². The second-order valence-corrected chi connectivity index (χ2v) is 11.8. The van der Waals surface area contributed by atoms with Gasteiger partial charge in [-0.1, -0.05) is 0 Å². The molecule has 0 aliphatic rings. The molecule has 0 spiro atoms. The van der Waals surface area contributed by atoms with Gasteiger partial charge < -0.3 is 14.4 Å². The fraction of sp³-hybridized carbons (Fsp3) is 0.545. The van der Waals surface area contributed by atoms with Crippen molar-refractivity contribution >= 4 is 27.3 Å². The Balaban J connectivity index is 1.95. The topological polar surface area (TPSA) is 85.8 Å². The summed E-state index contributed by atoms with van der Waals surface area (Å²) in [7, 11) is -3.27. The van der Waals surface area contributed by atoms with E-state index in [1.807, 2.05) is 6.92 Å². The maximum Gasteiger partial charge on any atom is 0.410 e. The molecule has 0 bridgehead atoms. The third-order valence-corrected chi connectivity index (χ3v) is 6.86. The van der Waals surface area contributed by atoms with Gasteiger partial charge in [0.2, 0.25) is 0 Å². The predicted molar refractivity (Wildman–Crippen MR) is 123 cm³/mol. The highest BCUT2D eigenvalue weighted by Crippen LogP contribution is 2.33. The maximum atomic E-state index is 15.3. The Bertz CT molecular complexity index is 1010. The molecule has 0 fully saturated rings. The summed E-state index contributed by atoms with van der Waals surface area (Å²) in [6.07, 6.45) is 2.32. The summed E-state index contributed by atoms with van der Waals surface area (Å²) < 4.78 is 49.4. The van der Waals surface area contributed by atoms with E-state index in [2.05, 4.69) is 4.98 Å². The van der Waals surface area contributed by atoms with Crippen LogP contribution in [0.3, 0.4) is 0 Å². The number of amides is 1. The number of carbonyl (C=O) groups excluding carboxylic acids is 1. The number of hydrogen-bond acceptors (Lipinski definition) is 7. The van der Waals surface area contributed by atoms with Crippen LogP contribution in [0.2, 0.25) is 0 Å².